The normalized spacial score (nSPS) is 27.0. The highest BCUT2D eigenvalue weighted by molar-refractivity contribution is 7.41. The van der Waals surface area contributed by atoms with E-state index in [1.54, 1.807) is 6.08 Å². The minimum absolute atomic E-state index is 0.147. The molecule has 228 valence electrons. The first-order valence-corrected chi connectivity index (χ1v) is 15.7. The van der Waals surface area contributed by atoms with Gasteiger partial charge in [0.05, 0.1) is 12.5 Å². The molecule has 4 fully saturated rings. The molecular weight excluding hydrogens is 553 g/mol. The predicted molar refractivity (Wildman–Crippen MR) is 148 cm³/mol. The first-order chi connectivity index (χ1) is 19.4. The molecule has 5 atom stereocenters. The Labute approximate surface area is 242 Å². The molecule has 1 heterocycles. The van der Waals surface area contributed by atoms with Gasteiger partial charge in [-0.15, -0.1) is 11.1 Å². The van der Waals surface area contributed by atoms with Crippen LogP contribution in [0.15, 0.2) is 12.7 Å². The van der Waals surface area contributed by atoms with Gasteiger partial charge in [0.25, 0.3) is 5.28 Å². The smallest absolute Gasteiger partial charge is 0.446 e. The van der Waals surface area contributed by atoms with Crippen molar-refractivity contribution in [3.63, 3.8) is 0 Å². The van der Waals surface area contributed by atoms with E-state index in [-0.39, 0.29) is 24.5 Å². The van der Waals surface area contributed by atoms with E-state index in [1.165, 1.54) is 4.90 Å². The standard InChI is InChI=1S/C28H42N3O9P/c1-5-19-15-28(19,41(36)39-17-38-26(35)37-16-18-12-13-18)30-23(32)21-11-8-14-31(21)24(33)22(27(2,3)4)29-25(34)40-20-9-6-7-10-20/h5,18-22H,1,6-17H2,2-4H3,(H-,29,30,32,34)/p+1/t19-,21?,22?,28+/m1/s1. The number of hydrogen-bond donors (Lipinski definition) is 2. The van der Waals surface area contributed by atoms with Crippen molar-refractivity contribution in [2.45, 2.75) is 102 Å². The van der Waals surface area contributed by atoms with Gasteiger partial charge in [0.15, 0.2) is 0 Å². The number of rotatable bonds is 12. The van der Waals surface area contributed by atoms with Crippen molar-refractivity contribution in [3.8, 4) is 0 Å². The average Bonchev–Trinajstić information content (AvgIpc) is 3.74. The fourth-order valence-corrected chi connectivity index (χ4v) is 6.73. The van der Waals surface area contributed by atoms with E-state index in [0.717, 1.165) is 38.5 Å². The van der Waals surface area contributed by atoms with Crippen molar-refractivity contribution in [3.05, 3.63) is 12.7 Å². The topological polar surface area (TPSA) is 150 Å². The summed E-state index contributed by atoms with van der Waals surface area (Å²) in [5, 5.41) is 4.39. The van der Waals surface area contributed by atoms with Crippen LogP contribution < -0.4 is 10.6 Å². The predicted octanol–water partition coefficient (Wildman–Crippen LogP) is 4.36. The molecule has 3 aliphatic carbocycles. The van der Waals surface area contributed by atoms with E-state index in [2.05, 4.69) is 17.2 Å². The summed E-state index contributed by atoms with van der Waals surface area (Å²) >= 11 is 0. The molecule has 2 N–H and O–H groups in total. The second-order valence-corrected chi connectivity index (χ2v) is 14.1. The lowest BCUT2D eigenvalue weighted by Gasteiger charge is -2.35. The van der Waals surface area contributed by atoms with Gasteiger partial charge in [0, 0.05) is 13.0 Å². The number of likely N-dealkylation sites (tertiary alicyclic amines) is 1. The summed E-state index contributed by atoms with van der Waals surface area (Å²) in [6, 6.07) is -1.71. The van der Waals surface area contributed by atoms with Crippen molar-refractivity contribution in [2.24, 2.45) is 17.3 Å². The molecule has 0 aromatic carbocycles. The van der Waals surface area contributed by atoms with Crippen LogP contribution in [-0.2, 0) is 32.9 Å². The largest absolute Gasteiger partial charge is 0.540 e. The van der Waals surface area contributed by atoms with Crippen molar-refractivity contribution in [1.29, 1.82) is 0 Å². The Bertz CT molecular complexity index is 1040. The molecule has 3 saturated carbocycles. The first-order valence-electron chi connectivity index (χ1n) is 14.6. The fourth-order valence-electron chi connectivity index (χ4n) is 5.43. The number of carbonyl (C=O) groups excluding carboxylic acids is 4. The Kier molecular flexibility index (Phi) is 9.95. The van der Waals surface area contributed by atoms with Crippen molar-refractivity contribution in [1.82, 2.24) is 15.5 Å². The number of alkyl carbamates (subject to hydrolysis) is 1. The van der Waals surface area contributed by atoms with Crippen molar-refractivity contribution < 1.29 is 42.5 Å². The summed E-state index contributed by atoms with van der Waals surface area (Å²) in [6.07, 6.45) is 6.95. The highest BCUT2D eigenvalue weighted by Gasteiger charge is 2.71. The number of amides is 3. The minimum atomic E-state index is -2.49. The summed E-state index contributed by atoms with van der Waals surface area (Å²) < 4.78 is 33.8. The summed E-state index contributed by atoms with van der Waals surface area (Å²) in [4.78, 5) is 53.1. The molecule has 0 spiro atoms. The second kappa shape index (κ2) is 13.1. The van der Waals surface area contributed by atoms with Crippen LogP contribution in [0.25, 0.3) is 0 Å². The van der Waals surface area contributed by atoms with Crippen LogP contribution in [0, 0.1) is 17.3 Å². The Morgan fingerprint density at radius 3 is 2.39 bits per heavy atom. The molecule has 3 amide bonds. The maximum Gasteiger partial charge on any atom is 0.540 e. The minimum Gasteiger partial charge on any atom is -0.446 e. The zero-order chi connectivity index (χ0) is 29.8. The zero-order valence-corrected chi connectivity index (χ0v) is 25.1. The quantitative estimate of drug-likeness (QED) is 0.145. The average molecular weight is 597 g/mol. The lowest BCUT2D eigenvalue weighted by molar-refractivity contribution is -0.142. The van der Waals surface area contributed by atoms with Gasteiger partial charge in [-0.3, -0.25) is 9.59 Å². The number of hydrogen-bond acceptors (Lipinski definition) is 9. The summed E-state index contributed by atoms with van der Waals surface area (Å²) in [5.41, 5.74) is -0.641. The molecule has 0 aromatic rings. The van der Waals surface area contributed by atoms with Gasteiger partial charge in [-0.1, -0.05) is 26.8 Å². The summed E-state index contributed by atoms with van der Waals surface area (Å²) in [5.74, 6) is -0.766. The highest BCUT2D eigenvalue weighted by Crippen LogP contribution is 2.60. The molecule has 0 aromatic heterocycles. The van der Waals surface area contributed by atoms with Crippen LogP contribution in [0.4, 0.5) is 9.59 Å². The fraction of sp³-hybridized carbons (Fsp3) is 0.786. The van der Waals surface area contributed by atoms with Gasteiger partial charge < -0.3 is 29.7 Å². The van der Waals surface area contributed by atoms with Gasteiger partial charge >= 0.3 is 20.3 Å². The molecule has 1 aliphatic heterocycles. The Morgan fingerprint density at radius 2 is 1.78 bits per heavy atom. The third-order valence-electron chi connectivity index (χ3n) is 8.20. The van der Waals surface area contributed by atoms with Crippen LogP contribution in [0.3, 0.4) is 0 Å². The molecule has 4 aliphatic rings. The lowest BCUT2D eigenvalue weighted by Crippen LogP contribution is -2.58. The van der Waals surface area contributed by atoms with Gasteiger partial charge in [0.1, 0.15) is 18.2 Å². The Morgan fingerprint density at radius 1 is 1.07 bits per heavy atom. The van der Waals surface area contributed by atoms with Gasteiger partial charge in [-0.25, -0.2) is 9.59 Å². The maximum atomic E-state index is 13.7. The third-order valence-corrected chi connectivity index (χ3v) is 9.82. The molecule has 1 saturated heterocycles. The van der Waals surface area contributed by atoms with E-state index < -0.39 is 55.8 Å². The van der Waals surface area contributed by atoms with Crippen LogP contribution in [-0.4, -0.2) is 72.4 Å². The molecule has 4 rings (SSSR count). The van der Waals surface area contributed by atoms with E-state index in [0.29, 0.717) is 31.7 Å². The van der Waals surface area contributed by atoms with Gasteiger partial charge in [-0.2, -0.15) is 0 Å². The van der Waals surface area contributed by atoms with Crippen LogP contribution in [0.1, 0.15) is 78.6 Å². The molecule has 3 unspecified atom stereocenters. The number of ether oxygens (including phenoxy) is 3. The van der Waals surface area contributed by atoms with Crippen LogP contribution in [0.5, 0.6) is 0 Å². The van der Waals surface area contributed by atoms with Gasteiger partial charge in [-0.05, 0) is 67.3 Å². The second-order valence-electron chi connectivity index (χ2n) is 12.6. The SMILES string of the molecule is C=C[C@@H]1C[C@]1(NC(=O)C1CCCN1C(=O)C(NC(=O)OC1CCCC1)C(C)(C)C)[P+](=O)OCOC(=O)OCC1CC1. The Balaban J connectivity index is 1.34. The summed E-state index contributed by atoms with van der Waals surface area (Å²) in [7, 11) is -2.49. The number of carbonyl (C=O) groups is 4. The van der Waals surface area contributed by atoms with Crippen LogP contribution >= 0.6 is 8.03 Å². The van der Waals surface area contributed by atoms with Crippen molar-refractivity contribution in [2.75, 3.05) is 19.9 Å². The van der Waals surface area contributed by atoms with E-state index >= 15 is 0 Å². The van der Waals surface area contributed by atoms with E-state index in [4.69, 9.17) is 18.7 Å². The summed E-state index contributed by atoms with van der Waals surface area (Å²) in [6.45, 7) is 9.34. The highest BCUT2D eigenvalue weighted by atomic mass is 31.1. The molecular formula is C28H43N3O9P+. The van der Waals surface area contributed by atoms with E-state index in [9.17, 15) is 23.7 Å². The molecule has 0 bridgehead atoms. The third kappa shape index (κ3) is 7.97. The molecule has 41 heavy (non-hydrogen) atoms. The molecule has 12 nitrogen and oxygen atoms in total. The van der Waals surface area contributed by atoms with E-state index in [1.807, 2.05) is 20.8 Å². The number of nitrogens with zero attached hydrogens (tertiary/aromatic N) is 1. The maximum absolute atomic E-state index is 13.7. The first kappa shape index (κ1) is 31.2. The number of nitrogens with one attached hydrogen (secondary N) is 2. The molecule has 0 radical (unpaired) electrons. The van der Waals surface area contributed by atoms with Gasteiger partial charge in [0.2, 0.25) is 18.6 Å². The Hall–Kier alpha value is -2.72. The van der Waals surface area contributed by atoms with Crippen molar-refractivity contribution >= 4 is 32.1 Å². The monoisotopic (exact) mass is 596 g/mol. The zero-order valence-electron chi connectivity index (χ0n) is 24.2. The molecule has 13 heteroatoms. The van der Waals surface area contributed by atoms with Crippen LogP contribution in [0.2, 0.25) is 0 Å². The lowest BCUT2D eigenvalue weighted by atomic mass is 9.85.